The van der Waals surface area contributed by atoms with E-state index >= 15 is 0 Å². The number of pyridine rings is 1. The summed E-state index contributed by atoms with van der Waals surface area (Å²) in [5.74, 6) is 0. The number of rotatable bonds is 5. The number of aromatic nitrogens is 1. The molecule has 3 aromatic rings. The zero-order valence-corrected chi connectivity index (χ0v) is 21.9. The monoisotopic (exact) mass is 486 g/mol. The van der Waals surface area contributed by atoms with Gasteiger partial charge >= 0.3 is 0 Å². The Hall–Kier alpha value is -3.11. The first kappa shape index (κ1) is 25.0. The fourth-order valence-corrected chi connectivity index (χ4v) is 4.58. The molecule has 4 nitrogen and oxygen atoms in total. The van der Waals surface area contributed by atoms with Crippen LogP contribution < -0.4 is 0 Å². The Morgan fingerprint density at radius 2 is 1.66 bits per heavy atom. The lowest BCUT2D eigenvalue weighted by molar-refractivity contribution is 0.215. The van der Waals surface area contributed by atoms with E-state index in [4.69, 9.17) is 16.6 Å². The second-order valence-electron chi connectivity index (χ2n) is 9.24. The van der Waals surface area contributed by atoms with Gasteiger partial charge in [-0.3, -0.25) is 4.99 Å². The molecule has 0 N–H and O–H groups in total. The maximum absolute atomic E-state index is 6.64. The summed E-state index contributed by atoms with van der Waals surface area (Å²) >= 11 is 6.64. The molecule has 5 rings (SSSR count). The number of unbranched alkanes of at least 4 members (excludes halogenated alkanes) is 1. The molecule has 182 valence electrons. The van der Waals surface area contributed by atoms with E-state index in [-0.39, 0.29) is 0 Å². The van der Waals surface area contributed by atoms with Crippen LogP contribution in [0.15, 0.2) is 66.3 Å². The molecule has 2 aliphatic heterocycles. The van der Waals surface area contributed by atoms with Crippen LogP contribution in [-0.2, 0) is 6.42 Å². The molecule has 1 fully saturated rings. The topological polar surface area (TPSA) is 31.7 Å². The van der Waals surface area contributed by atoms with Crippen molar-refractivity contribution in [3.8, 4) is 11.3 Å². The van der Waals surface area contributed by atoms with Crippen molar-refractivity contribution in [2.24, 2.45) is 4.99 Å². The molecule has 0 atom stereocenters. The van der Waals surface area contributed by atoms with E-state index in [2.05, 4.69) is 79.1 Å². The van der Waals surface area contributed by atoms with Gasteiger partial charge in [0.1, 0.15) is 0 Å². The second-order valence-corrected chi connectivity index (χ2v) is 9.64. The lowest BCUT2D eigenvalue weighted by Gasteiger charge is -2.38. The SMILES string of the molecule is C=C(C)N1CCN(C(=C)c2ccc3c(Cl)cc(-c4ccc5c(c4)N=CC5)nc3c2)CC1.CCCC. The quantitative estimate of drug-likeness (QED) is 0.369. The maximum Gasteiger partial charge on any atom is 0.0731 e. The third-order valence-electron chi connectivity index (χ3n) is 6.72. The molecule has 0 radical (unpaired) electrons. The fraction of sp³-hybridized carbons (Fsp3) is 0.333. The van der Waals surface area contributed by atoms with Gasteiger partial charge in [0, 0.05) is 61.2 Å². The molecule has 0 saturated carbocycles. The standard InChI is InChI=1S/C26H25ClN4.C4H10/c1-17(2)30-10-12-31(13-11-30)18(3)20-6-7-22-23(27)16-25(29-26(22)14-20)21-5-4-19-8-9-28-24(19)15-21;1-3-4-2/h4-7,9,14-16H,1,3,8,10-13H2,2H3;3-4H2,1-2H3. The van der Waals surface area contributed by atoms with Crippen molar-refractivity contribution < 1.29 is 0 Å². The summed E-state index contributed by atoms with van der Waals surface area (Å²) in [6.45, 7) is 18.7. The summed E-state index contributed by atoms with van der Waals surface area (Å²) in [7, 11) is 0. The third-order valence-corrected chi connectivity index (χ3v) is 7.03. The summed E-state index contributed by atoms with van der Waals surface area (Å²) in [4.78, 5) is 14.1. The third kappa shape index (κ3) is 5.59. The molecule has 0 spiro atoms. The molecule has 0 unspecified atom stereocenters. The fourth-order valence-electron chi connectivity index (χ4n) is 4.31. The van der Waals surface area contributed by atoms with Crippen molar-refractivity contribution in [2.75, 3.05) is 26.2 Å². The highest BCUT2D eigenvalue weighted by Crippen LogP contribution is 2.34. The Balaban J connectivity index is 0.000000672. The second kappa shape index (κ2) is 11.1. The number of halogens is 1. The van der Waals surface area contributed by atoms with Gasteiger partial charge in [0.05, 0.1) is 21.9 Å². The normalized spacial score (nSPS) is 14.5. The van der Waals surface area contributed by atoms with Gasteiger partial charge < -0.3 is 9.80 Å². The van der Waals surface area contributed by atoms with Crippen LogP contribution in [0.25, 0.3) is 27.9 Å². The first-order chi connectivity index (χ1) is 16.9. The molecular formula is C30H35ClN4. The molecule has 2 aliphatic rings. The van der Waals surface area contributed by atoms with Gasteiger partial charge in [0.2, 0.25) is 0 Å². The molecule has 35 heavy (non-hydrogen) atoms. The molecule has 1 aromatic heterocycles. The van der Waals surface area contributed by atoms with E-state index in [0.29, 0.717) is 5.02 Å². The molecule has 0 bridgehead atoms. The smallest absolute Gasteiger partial charge is 0.0731 e. The van der Waals surface area contributed by atoms with Crippen LogP contribution in [0.3, 0.4) is 0 Å². The highest BCUT2D eigenvalue weighted by molar-refractivity contribution is 6.35. The molecule has 0 aliphatic carbocycles. The van der Waals surface area contributed by atoms with E-state index in [1.165, 1.54) is 18.4 Å². The van der Waals surface area contributed by atoms with Crippen molar-refractivity contribution in [1.29, 1.82) is 0 Å². The van der Waals surface area contributed by atoms with Crippen LogP contribution in [0.5, 0.6) is 0 Å². The maximum atomic E-state index is 6.64. The summed E-state index contributed by atoms with van der Waals surface area (Å²) in [5, 5.41) is 1.66. The summed E-state index contributed by atoms with van der Waals surface area (Å²) in [6, 6.07) is 14.5. The van der Waals surface area contributed by atoms with E-state index in [1.807, 2.05) is 18.3 Å². The Labute approximate surface area is 214 Å². The van der Waals surface area contributed by atoms with Gasteiger partial charge in [-0.15, -0.1) is 0 Å². The molecule has 3 heterocycles. The van der Waals surface area contributed by atoms with Crippen molar-refractivity contribution in [2.45, 2.75) is 40.0 Å². The molecule has 2 aromatic carbocycles. The molecular weight excluding hydrogens is 452 g/mol. The Morgan fingerprint density at radius 3 is 2.34 bits per heavy atom. The van der Waals surface area contributed by atoms with Gasteiger partial charge in [-0.1, -0.05) is 75.7 Å². The number of hydrogen-bond donors (Lipinski definition) is 0. The van der Waals surface area contributed by atoms with Crippen LogP contribution in [0.4, 0.5) is 5.69 Å². The molecule has 5 heteroatoms. The molecule has 0 amide bonds. The van der Waals surface area contributed by atoms with E-state index in [9.17, 15) is 0 Å². The number of fused-ring (bicyclic) bond motifs is 2. The number of piperazine rings is 1. The van der Waals surface area contributed by atoms with Gasteiger partial charge in [-0.05, 0) is 36.2 Å². The van der Waals surface area contributed by atoms with Crippen LogP contribution in [0.2, 0.25) is 5.02 Å². The number of hydrogen-bond acceptors (Lipinski definition) is 4. The van der Waals surface area contributed by atoms with Crippen LogP contribution in [0.1, 0.15) is 44.7 Å². The van der Waals surface area contributed by atoms with Gasteiger partial charge in [0.25, 0.3) is 0 Å². The van der Waals surface area contributed by atoms with E-state index in [1.54, 1.807) is 0 Å². The Bertz CT molecular complexity index is 1270. The highest BCUT2D eigenvalue weighted by atomic mass is 35.5. The van der Waals surface area contributed by atoms with E-state index in [0.717, 1.165) is 77.4 Å². The zero-order chi connectivity index (χ0) is 24.9. The average Bonchev–Trinajstić information content (AvgIpc) is 3.36. The van der Waals surface area contributed by atoms with Gasteiger partial charge in [-0.2, -0.15) is 0 Å². The lowest BCUT2D eigenvalue weighted by Crippen LogP contribution is -2.44. The van der Waals surface area contributed by atoms with Gasteiger partial charge in [-0.25, -0.2) is 4.98 Å². The summed E-state index contributed by atoms with van der Waals surface area (Å²) in [6.07, 6.45) is 5.48. The predicted molar refractivity (Wildman–Crippen MR) is 152 cm³/mol. The summed E-state index contributed by atoms with van der Waals surface area (Å²) in [5.41, 5.74) is 8.27. The van der Waals surface area contributed by atoms with Gasteiger partial charge in [0.15, 0.2) is 0 Å². The number of aliphatic imine (C=N–C) groups is 1. The zero-order valence-electron chi connectivity index (χ0n) is 21.1. The van der Waals surface area contributed by atoms with Crippen molar-refractivity contribution >= 4 is 40.1 Å². The average molecular weight is 487 g/mol. The number of allylic oxidation sites excluding steroid dienone is 1. The number of nitrogens with zero attached hydrogens (tertiary/aromatic N) is 4. The first-order valence-corrected chi connectivity index (χ1v) is 12.9. The summed E-state index contributed by atoms with van der Waals surface area (Å²) < 4.78 is 0. The Morgan fingerprint density at radius 1 is 0.943 bits per heavy atom. The van der Waals surface area contributed by atoms with Crippen molar-refractivity contribution in [3.63, 3.8) is 0 Å². The Kier molecular flexibility index (Phi) is 7.92. The van der Waals surface area contributed by atoms with Crippen LogP contribution in [-0.4, -0.2) is 47.2 Å². The first-order valence-electron chi connectivity index (χ1n) is 12.5. The highest BCUT2D eigenvalue weighted by Gasteiger charge is 2.19. The minimum atomic E-state index is 0.705. The minimum Gasteiger partial charge on any atom is -0.372 e. The van der Waals surface area contributed by atoms with E-state index < -0.39 is 0 Å². The lowest BCUT2D eigenvalue weighted by atomic mass is 10.0. The number of benzene rings is 2. The minimum absolute atomic E-state index is 0.705. The predicted octanol–water partition coefficient (Wildman–Crippen LogP) is 7.74. The largest absolute Gasteiger partial charge is 0.372 e. The van der Waals surface area contributed by atoms with Crippen LogP contribution >= 0.6 is 11.6 Å². The van der Waals surface area contributed by atoms with Crippen molar-refractivity contribution in [3.05, 3.63) is 77.5 Å². The van der Waals surface area contributed by atoms with Crippen LogP contribution in [0, 0.1) is 0 Å². The van der Waals surface area contributed by atoms with Crippen molar-refractivity contribution in [1.82, 2.24) is 14.8 Å². The molecule has 1 saturated heterocycles.